The Hall–Kier alpha value is -3.27. The SMILES string of the molecule is C[C@@H]1COCCN1c1c(F)c(N2C3CCC2COC3)nc2c1c(C#N)nn2-c1ccn(C2CCCCO2)n1. The molecule has 3 unspecified atom stereocenters. The number of pyridine rings is 1. The van der Waals surface area contributed by atoms with Crippen LogP contribution in [0.2, 0.25) is 0 Å². The third-order valence-corrected chi connectivity index (χ3v) is 8.22. The van der Waals surface area contributed by atoms with Crippen molar-refractivity contribution in [1.82, 2.24) is 24.5 Å². The Kier molecular flexibility index (Phi) is 5.94. The summed E-state index contributed by atoms with van der Waals surface area (Å²) in [7, 11) is 0. The molecule has 7 heterocycles. The third kappa shape index (κ3) is 3.75. The van der Waals surface area contributed by atoms with Gasteiger partial charge in [-0.25, -0.2) is 14.1 Å². The minimum atomic E-state index is -0.415. The first kappa shape index (κ1) is 23.8. The number of nitrogens with zero attached hydrogens (tertiary/aromatic N) is 8. The lowest BCUT2D eigenvalue weighted by atomic mass is 10.1. The summed E-state index contributed by atoms with van der Waals surface area (Å²) in [5.74, 6) is 0.395. The molecule has 200 valence electrons. The van der Waals surface area contributed by atoms with Gasteiger partial charge in [-0.05, 0) is 39.0 Å². The highest BCUT2D eigenvalue weighted by atomic mass is 19.1. The molecule has 12 heteroatoms. The summed E-state index contributed by atoms with van der Waals surface area (Å²) in [5.41, 5.74) is 0.914. The molecule has 11 nitrogen and oxygen atoms in total. The number of anilines is 2. The second-order valence-electron chi connectivity index (χ2n) is 10.6. The summed E-state index contributed by atoms with van der Waals surface area (Å²) in [6.45, 7) is 5.27. The van der Waals surface area contributed by atoms with Crippen molar-refractivity contribution in [2.24, 2.45) is 0 Å². The van der Waals surface area contributed by atoms with Crippen LogP contribution in [0.15, 0.2) is 12.3 Å². The molecule has 4 fully saturated rings. The third-order valence-electron chi connectivity index (χ3n) is 8.22. The molecule has 0 spiro atoms. The number of aromatic nitrogens is 5. The van der Waals surface area contributed by atoms with Crippen molar-refractivity contribution in [1.29, 1.82) is 5.26 Å². The minimum Gasteiger partial charge on any atom is -0.377 e. The monoisotopic (exact) mass is 522 g/mol. The van der Waals surface area contributed by atoms with Gasteiger partial charge in [-0.2, -0.15) is 20.1 Å². The van der Waals surface area contributed by atoms with Gasteiger partial charge < -0.3 is 24.0 Å². The summed E-state index contributed by atoms with van der Waals surface area (Å²) in [4.78, 5) is 8.98. The number of fused-ring (bicyclic) bond motifs is 3. The van der Waals surface area contributed by atoms with E-state index >= 15 is 4.39 Å². The summed E-state index contributed by atoms with van der Waals surface area (Å²) >= 11 is 0. The molecule has 0 aromatic carbocycles. The van der Waals surface area contributed by atoms with Gasteiger partial charge in [-0.15, -0.1) is 0 Å². The van der Waals surface area contributed by atoms with Crippen molar-refractivity contribution in [3.8, 4) is 11.9 Å². The van der Waals surface area contributed by atoms with Crippen LogP contribution in [0.25, 0.3) is 16.9 Å². The van der Waals surface area contributed by atoms with Crippen LogP contribution in [0.4, 0.5) is 15.9 Å². The quantitative estimate of drug-likeness (QED) is 0.511. The molecular formula is C26H31FN8O3. The van der Waals surface area contributed by atoms with Crippen LogP contribution in [0.1, 0.15) is 50.9 Å². The van der Waals surface area contributed by atoms with E-state index in [1.54, 1.807) is 9.36 Å². The maximum atomic E-state index is 16.7. The van der Waals surface area contributed by atoms with E-state index in [1.807, 2.05) is 24.1 Å². The van der Waals surface area contributed by atoms with Crippen LogP contribution in [-0.4, -0.2) is 82.2 Å². The van der Waals surface area contributed by atoms with E-state index in [0.717, 1.165) is 32.1 Å². The summed E-state index contributed by atoms with van der Waals surface area (Å²) in [6, 6.07) is 4.09. The Morgan fingerprint density at radius 2 is 1.89 bits per heavy atom. The van der Waals surface area contributed by atoms with Gasteiger partial charge in [0.15, 0.2) is 28.8 Å². The van der Waals surface area contributed by atoms with Crippen LogP contribution >= 0.6 is 0 Å². The molecule has 0 radical (unpaired) electrons. The van der Waals surface area contributed by atoms with Gasteiger partial charge in [-0.3, -0.25) is 0 Å². The molecule has 0 amide bonds. The van der Waals surface area contributed by atoms with Crippen molar-refractivity contribution in [2.45, 2.75) is 63.4 Å². The molecule has 3 aromatic heterocycles. The largest absolute Gasteiger partial charge is 0.377 e. The van der Waals surface area contributed by atoms with Crippen LogP contribution in [0.3, 0.4) is 0 Å². The molecule has 7 rings (SSSR count). The molecule has 0 saturated carbocycles. The Balaban J connectivity index is 1.43. The predicted molar refractivity (Wildman–Crippen MR) is 136 cm³/mol. The highest BCUT2D eigenvalue weighted by molar-refractivity contribution is 5.97. The van der Waals surface area contributed by atoms with Crippen LogP contribution < -0.4 is 9.80 Å². The Morgan fingerprint density at radius 1 is 1.05 bits per heavy atom. The lowest BCUT2D eigenvalue weighted by Crippen LogP contribution is -2.47. The molecule has 4 aliphatic rings. The van der Waals surface area contributed by atoms with Crippen LogP contribution in [0.5, 0.6) is 0 Å². The van der Waals surface area contributed by atoms with Gasteiger partial charge in [0, 0.05) is 31.5 Å². The van der Waals surface area contributed by atoms with Crippen LogP contribution in [-0.2, 0) is 14.2 Å². The fourth-order valence-corrected chi connectivity index (χ4v) is 6.34. The zero-order valence-electron chi connectivity index (χ0n) is 21.4. The lowest BCUT2D eigenvalue weighted by Gasteiger charge is -2.39. The minimum absolute atomic E-state index is 0.0673. The fraction of sp³-hybridized carbons (Fsp3) is 0.615. The number of hydrogen-bond donors (Lipinski definition) is 0. The van der Waals surface area contributed by atoms with Crippen molar-refractivity contribution >= 4 is 22.5 Å². The number of rotatable bonds is 4. The summed E-state index contributed by atoms with van der Waals surface area (Å²) in [6.07, 6.45) is 6.60. The normalized spacial score (nSPS) is 27.7. The maximum absolute atomic E-state index is 16.7. The number of nitriles is 1. The molecule has 2 bridgehead atoms. The molecule has 0 N–H and O–H groups in total. The van der Waals surface area contributed by atoms with Crippen molar-refractivity contribution < 1.29 is 18.6 Å². The number of ether oxygens (including phenoxy) is 3. The predicted octanol–water partition coefficient (Wildman–Crippen LogP) is 2.92. The van der Waals surface area contributed by atoms with Crippen LogP contribution in [0, 0.1) is 17.1 Å². The van der Waals surface area contributed by atoms with E-state index in [2.05, 4.69) is 16.1 Å². The van der Waals surface area contributed by atoms with Gasteiger partial charge >= 0.3 is 0 Å². The average Bonchev–Trinajstić information content (AvgIpc) is 3.63. The summed E-state index contributed by atoms with van der Waals surface area (Å²) in [5, 5.41) is 19.9. The second kappa shape index (κ2) is 9.48. The first-order valence-corrected chi connectivity index (χ1v) is 13.5. The molecule has 4 saturated heterocycles. The van der Waals surface area contributed by atoms with Crippen molar-refractivity contribution in [2.75, 3.05) is 49.4 Å². The van der Waals surface area contributed by atoms with Gasteiger partial charge in [0.25, 0.3) is 0 Å². The first-order valence-electron chi connectivity index (χ1n) is 13.5. The number of morpholine rings is 2. The highest BCUT2D eigenvalue weighted by Crippen LogP contribution is 2.42. The Labute approximate surface area is 219 Å². The van der Waals surface area contributed by atoms with E-state index in [1.165, 1.54) is 0 Å². The molecule has 3 aromatic rings. The number of hydrogen-bond acceptors (Lipinski definition) is 9. The van der Waals surface area contributed by atoms with Crippen molar-refractivity contribution in [3.05, 3.63) is 23.8 Å². The lowest BCUT2D eigenvalue weighted by molar-refractivity contribution is -0.0395. The molecule has 4 atom stereocenters. The van der Waals surface area contributed by atoms with Gasteiger partial charge in [-0.1, -0.05) is 0 Å². The smallest absolute Gasteiger partial charge is 0.189 e. The van der Waals surface area contributed by atoms with Gasteiger partial charge in [0.05, 0.1) is 49.6 Å². The highest BCUT2D eigenvalue weighted by Gasteiger charge is 2.42. The molecule has 0 aliphatic carbocycles. The van der Waals surface area contributed by atoms with Gasteiger partial charge in [0.2, 0.25) is 0 Å². The average molecular weight is 523 g/mol. The second-order valence-corrected chi connectivity index (χ2v) is 10.6. The zero-order chi connectivity index (χ0) is 25.8. The first-order chi connectivity index (χ1) is 18.6. The van der Waals surface area contributed by atoms with E-state index in [9.17, 15) is 5.26 Å². The van der Waals surface area contributed by atoms with E-state index in [4.69, 9.17) is 24.3 Å². The van der Waals surface area contributed by atoms with E-state index in [0.29, 0.717) is 67.9 Å². The van der Waals surface area contributed by atoms with E-state index < -0.39 is 5.82 Å². The topological polar surface area (TPSA) is 106 Å². The number of halogens is 1. The maximum Gasteiger partial charge on any atom is 0.189 e. The fourth-order valence-electron chi connectivity index (χ4n) is 6.34. The standard InChI is InChI=1S/C26H31FN8O3/c1-16-13-36-11-9-32(16)24-22-19(12-28)30-35(20-7-8-33(31-20)21-4-2-3-10-38-21)25(22)29-26(23(24)27)34-17-5-6-18(34)15-37-14-17/h7-8,16-18,21H,2-6,9-11,13-15H2,1H3/t16-,17?,18?,21?/m1/s1. The molecular weight excluding hydrogens is 491 g/mol. The zero-order valence-corrected chi connectivity index (χ0v) is 21.4. The Bertz CT molecular complexity index is 1380. The van der Waals surface area contributed by atoms with E-state index in [-0.39, 0.29) is 30.0 Å². The summed E-state index contributed by atoms with van der Waals surface area (Å²) < 4.78 is 37.4. The molecule has 4 aliphatic heterocycles. The van der Waals surface area contributed by atoms with Crippen molar-refractivity contribution in [3.63, 3.8) is 0 Å². The van der Waals surface area contributed by atoms with Gasteiger partial charge in [0.1, 0.15) is 12.3 Å². The Morgan fingerprint density at radius 3 is 2.63 bits per heavy atom. The molecule has 38 heavy (non-hydrogen) atoms.